The van der Waals surface area contributed by atoms with Crippen molar-refractivity contribution < 1.29 is 14.2 Å². The van der Waals surface area contributed by atoms with Gasteiger partial charge in [0.25, 0.3) is 0 Å². The number of imidazole rings is 1. The maximum atomic E-state index is 13.2. The highest BCUT2D eigenvalue weighted by Gasteiger charge is 2.23. The lowest BCUT2D eigenvalue weighted by molar-refractivity contribution is 0.0582. The molecule has 0 atom stereocenters. The van der Waals surface area contributed by atoms with Gasteiger partial charge >= 0.3 is 0 Å². The zero-order chi connectivity index (χ0) is 21.5. The number of fused-ring (bicyclic) bond motifs is 3. The molecule has 0 aromatic carbocycles. The average molecular weight is 410 g/mol. The molecule has 3 N–H and O–H groups in total. The van der Waals surface area contributed by atoms with E-state index in [1.807, 2.05) is 17.6 Å². The minimum absolute atomic E-state index is 0.265. The molecule has 0 amide bonds. The van der Waals surface area contributed by atoms with E-state index in [-0.39, 0.29) is 19.0 Å². The first-order valence-electron chi connectivity index (χ1n) is 9.63. The molecule has 0 saturated carbocycles. The first kappa shape index (κ1) is 20.1. The number of hydrogen-bond acceptors (Lipinski definition) is 7. The summed E-state index contributed by atoms with van der Waals surface area (Å²) in [5, 5.41) is 10.5. The number of halogens is 1. The van der Waals surface area contributed by atoms with Crippen LogP contribution in [0.3, 0.4) is 0 Å². The number of anilines is 1. The van der Waals surface area contributed by atoms with Crippen LogP contribution in [0.2, 0.25) is 0 Å². The molecule has 8 nitrogen and oxygen atoms in total. The van der Waals surface area contributed by atoms with Crippen molar-refractivity contribution >= 4 is 27.9 Å². The van der Waals surface area contributed by atoms with Crippen LogP contribution in [0, 0.1) is 5.95 Å². The largest absolute Gasteiger partial charge is 0.389 e. The molecule has 30 heavy (non-hydrogen) atoms. The SMILES string of the molecule is CCOCc1nc2c(N)nc3cc(-c4ccc(F)nc4)cnc3c2n1CC(C)(C)O. The summed E-state index contributed by atoms with van der Waals surface area (Å²) in [5.74, 6) is 0.360. The normalized spacial score (nSPS) is 12.2. The van der Waals surface area contributed by atoms with Gasteiger partial charge in [0.2, 0.25) is 5.95 Å². The standard InChI is InChI=1S/C21H23FN6O2/c1-4-30-10-16-27-18-19(28(16)11-21(2,3)29)17-14(26-20(18)23)7-13(9-25-17)12-5-6-15(22)24-8-12/h5-9,29H,4,10-11H2,1-3H3,(H2,23,26). The number of pyridine rings is 3. The quantitative estimate of drug-likeness (QED) is 0.470. The molecular weight excluding hydrogens is 387 g/mol. The average Bonchev–Trinajstić information content (AvgIpc) is 3.04. The number of rotatable bonds is 6. The number of nitrogens with zero attached hydrogens (tertiary/aromatic N) is 5. The Labute approximate surface area is 172 Å². The van der Waals surface area contributed by atoms with Gasteiger partial charge in [-0.05, 0) is 39.0 Å². The Balaban J connectivity index is 1.94. The van der Waals surface area contributed by atoms with Crippen LogP contribution in [-0.2, 0) is 17.9 Å². The lowest BCUT2D eigenvalue weighted by atomic mass is 10.1. The third-order valence-corrected chi connectivity index (χ3v) is 4.66. The Morgan fingerprint density at radius 2 is 1.90 bits per heavy atom. The molecule has 0 bridgehead atoms. The van der Waals surface area contributed by atoms with Gasteiger partial charge in [0.15, 0.2) is 5.82 Å². The topological polar surface area (TPSA) is 112 Å². The summed E-state index contributed by atoms with van der Waals surface area (Å²) in [6.07, 6.45) is 3.12. The second-order valence-electron chi connectivity index (χ2n) is 7.72. The molecule has 0 aliphatic rings. The highest BCUT2D eigenvalue weighted by atomic mass is 19.1. The lowest BCUT2D eigenvalue weighted by Crippen LogP contribution is -2.27. The van der Waals surface area contributed by atoms with Crippen LogP contribution in [0.1, 0.15) is 26.6 Å². The number of hydrogen-bond donors (Lipinski definition) is 2. The predicted molar refractivity (Wildman–Crippen MR) is 112 cm³/mol. The minimum atomic E-state index is -0.987. The van der Waals surface area contributed by atoms with Crippen molar-refractivity contribution in [3.63, 3.8) is 0 Å². The molecule has 4 rings (SSSR count). The van der Waals surface area contributed by atoms with Crippen LogP contribution in [0.15, 0.2) is 30.6 Å². The fraction of sp³-hybridized carbons (Fsp3) is 0.333. The molecule has 0 fully saturated rings. The zero-order valence-electron chi connectivity index (χ0n) is 17.1. The fourth-order valence-electron chi connectivity index (χ4n) is 3.39. The molecule has 0 spiro atoms. The summed E-state index contributed by atoms with van der Waals surface area (Å²) in [6.45, 7) is 6.46. The van der Waals surface area contributed by atoms with E-state index in [0.717, 1.165) is 5.56 Å². The number of aliphatic hydroxyl groups is 1. The smallest absolute Gasteiger partial charge is 0.212 e. The van der Waals surface area contributed by atoms with Gasteiger partial charge in [0, 0.05) is 30.1 Å². The van der Waals surface area contributed by atoms with Gasteiger partial charge in [0.1, 0.15) is 29.0 Å². The maximum absolute atomic E-state index is 13.2. The monoisotopic (exact) mass is 410 g/mol. The molecule has 0 saturated heterocycles. The molecule has 156 valence electrons. The van der Waals surface area contributed by atoms with Crippen LogP contribution in [0.5, 0.6) is 0 Å². The fourth-order valence-corrected chi connectivity index (χ4v) is 3.39. The van der Waals surface area contributed by atoms with Crippen molar-refractivity contribution in [1.29, 1.82) is 0 Å². The molecule has 0 aliphatic heterocycles. The number of ether oxygens (including phenoxy) is 1. The van der Waals surface area contributed by atoms with E-state index >= 15 is 0 Å². The van der Waals surface area contributed by atoms with Gasteiger partial charge in [-0.2, -0.15) is 4.39 Å². The van der Waals surface area contributed by atoms with E-state index in [0.29, 0.717) is 40.1 Å². The van der Waals surface area contributed by atoms with Crippen LogP contribution in [-0.4, -0.2) is 41.8 Å². The Hall–Kier alpha value is -3.17. The summed E-state index contributed by atoms with van der Waals surface area (Å²) in [5.41, 5.74) is 9.09. The Morgan fingerprint density at radius 1 is 1.13 bits per heavy atom. The summed E-state index contributed by atoms with van der Waals surface area (Å²) >= 11 is 0. The second kappa shape index (κ2) is 7.58. The number of nitrogens with two attached hydrogens (primary N) is 1. The highest BCUT2D eigenvalue weighted by molar-refractivity contribution is 6.05. The second-order valence-corrected chi connectivity index (χ2v) is 7.72. The first-order chi connectivity index (χ1) is 14.3. The van der Waals surface area contributed by atoms with Crippen LogP contribution in [0.25, 0.3) is 33.2 Å². The number of nitrogen functional groups attached to an aromatic ring is 1. The summed E-state index contributed by atoms with van der Waals surface area (Å²) in [6, 6.07) is 4.76. The van der Waals surface area contributed by atoms with E-state index in [2.05, 4.69) is 19.9 Å². The van der Waals surface area contributed by atoms with Gasteiger partial charge in [-0.3, -0.25) is 4.98 Å². The van der Waals surface area contributed by atoms with Gasteiger partial charge in [0.05, 0.1) is 17.7 Å². The predicted octanol–water partition coefficient (Wildman–Crippen LogP) is 3.07. The molecular formula is C21H23FN6O2. The van der Waals surface area contributed by atoms with E-state index in [9.17, 15) is 9.50 Å². The van der Waals surface area contributed by atoms with E-state index < -0.39 is 11.5 Å². The first-order valence-corrected chi connectivity index (χ1v) is 9.63. The highest BCUT2D eigenvalue weighted by Crippen LogP contribution is 2.31. The summed E-state index contributed by atoms with van der Waals surface area (Å²) in [4.78, 5) is 17.4. The Kier molecular flexibility index (Phi) is 5.08. The molecule has 4 aromatic heterocycles. The molecule has 4 heterocycles. The zero-order valence-corrected chi connectivity index (χ0v) is 17.1. The van der Waals surface area contributed by atoms with E-state index in [4.69, 9.17) is 10.5 Å². The molecule has 4 aromatic rings. The summed E-state index contributed by atoms with van der Waals surface area (Å²) in [7, 11) is 0. The molecule has 0 unspecified atom stereocenters. The van der Waals surface area contributed by atoms with Crippen molar-refractivity contribution in [3.05, 3.63) is 42.4 Å². The van der Waals surface area contributed by atoms with Crippen molar-refractivity contribution in [2.45, 2.75) is 39.5 Å². The van der Waals surface area contributed by atoms with Gasteiger partial charge in [-0.1, -0.05) is 0 Å². The van der Waals surface area contributed by atoms with Gasteiger partial charge in [-0.25, -0.2) is 15.0 Å². The minimum Gasteiger partial charge on any atom is -0.389 e. The van der Waals surface area contributed by atoms with E-state index in [1.54, 1.807) is 26.1 Å². The third-order valence-electron chi connectivity index (χ3n) is 4.66. The van der Waals surface area contributed by atoms with Crippen LogP contribution < -0.4 is 5.73 Å². The van der Waals surface area contributed by atoms with Gasteiger partial charge in [-0.15, -0.1) is 0 Å². The Morgan fingerprint density at radius 3 is 2.57 bits per heavy atom. The van der Waals surface area contributed by atoms with Gasteiger partial charge < -0.3 is 20.1 Å². The summed E-state index contributed by atoms with van der Waals surface area (Å²) < 4.78 is 20.6. The Bertz CT molecular complexity index is 1210. The molecule has 9 heteroatoms. The van der Waals surface area contributed by atoms with Crippen LogP contribution >= 0.6 is 0 Å². The maximum Gasteiger partial charge on any atom is 0.212 e. The van der Waals surface area contributed by atoms with Crippen molar-refractivity contribution in [2.75, 3.05) is 12.3 Å². The van der Waals surface area contributed by atoms with Crippen LogP contribution in [0.4, 0.5) is 10.2 Å². The van der Waals surface area contributed by atoms with Crippen molar-refractivity contribution in [3.8, 4) is 11.1 Å². The molecule has 0 radical (unpaired) electrons. The third kappa shape index (κ3) is 3.81. The molecule has 0 aliphatic carbocycles. The van der Waals surface area contributed by atoms with E-state index in [1.165, 1.54) is 12.3 Å². The number of aromatic nitrogens is 5. The lowest BCUT2D eigenvalue weighted by Gasteiger charge is -2.20. The van der Waals surface area contributed by atoms with Crippen molar-refractivity contribution in [1.82, 2.24) is 24.5 Å². The van der Waals surface area contributed by atoms with Crippen molar-refractivity contribution in [2.24, 2.45) is 0 Å².